The minimum atomic E-state index is -3.75. The van der Waals surface area contributed by atoms with Crippen LogP contribution in [-0.2, 0) is 11.2 Å². The van der Waals surface area contributed by atoms with Gasteiger partial charge in [-0.2, -0.15) is 8.78 Å². The lowest BCUT2D eigenvalue weighted by Crippen LogP contribution is -2.30. The molecule has 0 unspecified atom stereocenters. The first-order chi connectivity index (χ1) is 9.40. The zero-order valence-electron chi connectivity index (χ0n) is 10.9. The SMILES string of the molecule is Cc1ccccc1-c1cccc(CC(F)(F)C(=O)O)c1. The normalized spacial score (nSPS) is 11.3. The molecule has 0 aliphatic rings. The van der Waals surface area contributed by atoms with Gasteiger partial charge in [0.2, 0.25) is 0 Å². The Kier molecular flexibility index (Phi) is 3.84. The lowest BCUT2D eigenvalue weighted by atomic mass is 9.97. The molecule has 4 heteroatoms. The Hall–Kier alpha value is -2.23. The monoisotopic (exact) mass is 276 g/mol. The van der Waals surface area contributed by atoms with Gasteiger partial charge in [-0.15, -0.1) is 0 Å². The van der Waals surface area contributed by atoms with E-state index in [9.17, 15) is 13.6 Å². The molecule has 0 bridgehead atoms. The Balaban J connectivity index is 2.34. The molecule has 0 aromatic heterocycles. The number of rotatable bonds is 4. The highest BCUT2D eigenvalue weighted by atomic mass is 19.3. The van der Waals surface area contributed by atoms with Gasteiger partial charge in [-0.25, -0.2) is 4.79 Å². The highest BCUT2D eigenvalue weighted by Gasteiger charge is 2.38. The molecule has 0 amide bonds. The molecule has 104 valence electrons. The summed E-state index contributed by atoms with van der Waals surface area (Å²) < 4.78 is 26.5. The molecule has 1 N–H and O–H groups in total. The third-order valence-electron chi connectivity index (χ3n) is 3.12. The minimum absolute atomic E-state index is 0.304. The maximum absolute atomic E-state index is 13.2. The lowest BCUT2D eigenvalue weighted by molar-refractivity contribution is -0.164. The summed E-state index contributed by atoms with van der Waals surface area (Å²) in [5.74, 6) is -5.84. The summed E-state index contributed by atoms with van der Waals surface area (Å²) in [6.45, 7) is 1.94. The summed E-state index contributed by atoms with van der Waals surface area (Å²) >= 11 is 0. The Labute approximate surface area is 115 Å². The van der Waals surface area contributed by atoms with E-state index < -0.39 is 18.3 Å². The van der Waals surface area contributed by atoms with Crippen LogP contribution in [0.25, 0.3) is 11.1 Å². The summed E-state index contributed by atoms with van der Waals surface area (Å²) in [5.41, 5.74) is 3.10. The number of carboxylic acids is 1. The summed E-state index contributed by atoms with van der Waals surface area (Å²) in [6, 6.07) is 14.2. The van der Waals surface area contributed by atoms with Crippen LogP contribution in [0.1, 0.15) is 11.1 Å². The van der Waals surface area contributed by atoms with Crippen molar-refractivity contribution in [2.24, 2.45) is 0 Å². The second kappa shape index (κ2) is 5.41. The quantitative estimate of drug-likeness (QED) is 0.918. The first-order valence-corrected chi connectivity index (χ1v) is 6.16. The van der Waals surface area contributed by atoms with Gasteiger partial charge in [0.25, 0.3) is 0 Å². The van der Waals surface area contributed by atoms with Gasteiger partial charge < -0.3 is 5.11 Å². The van der Waals surface area contributed by atoms with E-state index in [1.165, 1.54) is 6.07 Å². The Morgan fingerprint density at radius 2 is 1.85 bits per heavy atom. The Morgan fingerprint density at radius 1 is 1.15 bits per heavy atom. The summed E-state index contributed by atoms with van der Waals surface area (Å²) in [5, 5.41) is 8.48. The smallest absolute Gasteiger partial charge is 0.374 e. The fourth-order valence-electron chi connectivity index (χ4n) is 2.08. The number of benzene rings is 2. The molecule has 0 saturated carbocycles. The molecule has 2 aromatic rings. The van der Waals surface area contributed by atoms with Crippen LogP contribution in [0, 0.1) is 6.92 Å². The maximum atomic E-state index is 13.2. The van der Waals surface area contributed by atoms with E-state index in [1.54, 1.807) is 12.1 Å². The van der Waals surface area contributed by atoms with Gasteiger partial charge >= 0.3 is 11.9 Å². The predicted octanol–water partition coefficient (Wildman–Crippen LogP) is 3.92. The first kappa shape index (κ1) is 14.2. The molecule has 0 heterocycles. The number of aryl methyl sites for hydroxylation is 1. The van der Waals surface area contributed by atoms with Gasteiger partial charge in [0.05, 0.1) is 0 Å². The van der Waals surface area contributed by atoms with E-state index >= 15 is 0 Å². The average molecular weight is 276 g/mol. The van der Waals surface area contributed by atoms with Crippen molar-refractivity contribution in [3.63, 3.8) is 0 Å². The summed E-state index contributed by atoms with van der Waals surface area (Å²) in [6.07, 6.45) is -0.804. The molecule has 0 radical (unpaired) electrons. The van der Waals surface area contributed by atoms with E-state index in [-0.39, 0.29) is 0 Å². The highest BCUT2D eigenvalue weighted by Crippen LogP contribution is 2.26. The average Bonchev–Trinajstić information content (AvgIpc) is 2.39. The topological polar surface area (TPSA) is 37.3 Å². The largest absolute Gasteiger partial charge is 0.477 e. The molecule has 0 atom stereocenters. The summed E-state index contributed by atoms with van der Waals surface area (Å²) in [4.78, 5) is 10.5. The van der Waals surface area contributed by atoms with Crippen LogP contribution in [0.15, 0.2) is 48.5 Å². The van der Waals surface area contributed by atoms with Crippen LogP contribution in [0.2, 0.25) is 0 Å². The number of carbonyl (C=O) groups is 1. The zero-order chi connectivity index (χ0) is 14.8. The van der Waals surface area contributed by atoms with Crippen LogP contribution < -0.4 is 0 Å². The predicted molar refractivity (Wildman–Crippen MR) is 72.9 cm³/mol. The number of aliphatic carboxylic acids is 1. The van der Waals surface area contributed by atoms with Gasteiger partial charge in [0.1, 0.15) is 0 Å². The van der Waals surface area contributed by atoms with Crippen LogP contribution in [0.4, 0.5) is 8.78 Å². The first-order valence-electron chi connectivity index (χ1n) is 6.16. The van der Waals surface area contributed by atoms with Crippen molar-refractivity contribution in [3.05, 3.63) is 59.7 Å². The zero-order valence-corrected chi connectivity index (χ0v) is 10.9. The minimum Gasteiger partial charge on any atom is -0.477 e. The molecule has 0 saturated heterocycles. The number of hydrogen-bond acceptors (Lipinski definition) is 1. The molecule has 0 spiro atoms. The van der Waals surface area contributed by atoms with E-state index in [0.29, 0.717) is 5.56 Å². The summed E-state index contributed by atoms with van der Waals surface area (Å²) in [7, 11) is 0. The molecule has 0 aliphatic heterocycles. The number of carboxylic acid groups (broad SMARTS) is 1. The molecule has 0 fully saturated rings. The fraction of sp³-hybridized carbons (Fsp3) is 0.188. The van der Waals surface area contributed by atoms with Crippen molar-refractivity contribution in [2.45, 2.75) is 19.3 Å². The number of hydrogen-bond donors (Lipinski definition) is 1. The fourth-order valence-corrected chi connectivity index (χ4v) is 2.08. The van der Waals surface area contributed by atoms with Gasteiger partial charge in [-0.1, -0.05) is 48.5 Å². The third kappa shape index (κ3) is 3.02. The molecule has 0 aliphatic carbocycles. The second-order valence-electron chi connectivity index (χ2n) is 4.70. The molecule has 2 nitrogen and oxygen atoms in total. The van der Waals surface area contributed by atoms with E-state index in [2.05, 4.69) is 0 Å². The molecular weight excluding hydrogens is 262 g/mol. The standard InChI is InChI=1S/C16H14F2O2/c1-11-5-2-3-8-14(11)13-7-4-6-12(9-13)10-16(17,18)15(19)20/h2-9H,10H2,1H3,(H,19,20). The van der Waals surface area contributed by atoms with Gasteiger partial charge in [0, 0.05) is 6.42 Å². The van der Waals surface area contributed by atoms with Crippen LogP contribution in [-0.4, -0.2) is 17.0 Å². The van der Waals surface area contributed by atoms with Crippen LogP contribution in [0.5, 0.6) is 0 Å². The van der Waals surface area contributed by atoms with Crippen molar-refractivity contribution < 1.29 is 18.7 Å². The number of alkyl halides is 2. The van der Waals surface area contributed by atoms with Crippen LogP contribution in [0.3, 0.4) is 0 Å². The second-order valence-corrected chi connectivity index (χ2v) is 4.70. The van der Waals surface area contributed by atoms with Crippen molar-refractivity contribution >= 4 is 5.97 Å². The number of halogens is 2. The molecule has 2 rings (SSSR count). The maximum Gasteiger partial charge on any atom is 0.374 e. The van der Waals surface area contributed by atoms with E-state index in [4.69, 9.17) is 5.11 Å². The van der Waals surface area contributed by atoms with Crippen molar-refractivity contribution in [2.75, 3.05) is 0 Å². The van der Waals surface area contributed by atoms with E-state index in [1.807, 2.05) is 37.3 Å². The molecule has 20 heavy (non-hydrogen) atoms. The third-order valence-corrected chi connectivity index (χ3v) is 3.12. The Bertz CT molecular complexity index is 636. The molecule has 2 aromatic carbocycles. The Morgan fingerprint density at radius 3 is 2.50 bits per heavy atom. The van der Waals surface area contributed by atoms with Crippen LogP contribution >= 0.6 is 0 Å². The molecular formula is C16H14F2O2. The van der Waals surface area contributed by atoms with Crippen molar-refractivity contribution in [1.82, 2.24) is 0 Å². The lowest BCUT2D eigenvalue weighted by Gasteiger charge is -2.12. The van der Waals surface area contributed by atoms with Gasteiger partial charge in [0.15, 0.2) is 0 Å². The van der Waals surface area contributed by atoms with Crippen molar-refractivity contribution in [1.29, 1.82) is 0 Å². The van der Waals surface area contributed by atoms with Crippen molar-refractivity contribution in [3.8, 4) is 11.1 Å². The van der Waals surface area contributed by atoms with E-state index in [0.717, 1.165) is 16.7 Å². The van der Waals surface area contributed by atoms with Gasteiger partial charge in [-0.3, -0.25) is 0 Å². The van der Waals surface area contributed by atoms with Gasteiger partial charge in [-0.05, 0) is 29.2 Å². The highest BCUT2D eigenvalue weighted by molar-refractivity contribution is 5.76.